The molecule has 2 aliphatic rings. The summed E-state index contributed by atoms with van der Waals surface area (Å²) < 4.78 is 5.92. The van der Waals surface area contributed by atoms with Crippen molar-refractivity contribution in [3.8, 4) is 33.9 Å². The number of thiocarbonyl (C=S) groups is 1. The molecule has 6 rings (SSSR count). The van der Waals surface area contributed by atoms with E-state index in [1.165, 1.54) is 78.9 Å². The van der Waals surface area contributed by atoms with Crippen LogP contribution in [-0.4, -0.2) is 206 Å². The summed E-state index contributed by atoms with van der Waals surface area (Å²) in [4.78, 5) is 220. The van der Waals surface area contributed by atoms with Gasteiger partial charge in [-0.2, -0.15) is 0 Å². The summed E-state index contributed by atoms with van der Waals surface area (Å²) >= 11 is 18.0. The Kier molecular flexibility index (Phi) is 40.2. The summed E-state index contributed by atoms with van der Waals surface area (Å²) in [5, 5.41) is 86.7. The van der Waals surface area contributed by atoms with Crippen LogP contribution in [0.2, 0.25) is 10.0 Å². The molecule has 130 heavy (non-hydrogen) atoms. The van der Waals surface area contributed by atoms with Crippen LogP contribution < -0.4 is 91.7 Å². The zero-order valence-corrected chi connectivity index (χ0v) is 76.5. The Bertz CT molecular complexity index is 5140. The Morgan fingerprint density at radius 3 is 1.63 bits per heavy atom. The Morgan fingerprint density at radius 2 is 1.05 bits per heavy atom. The lowest BCUT2D eigenvalue weighted by molar-refractivity contribution is -0.142. The summed E-state index contributed by atoms with van der Waals surface area (Å²) in [6.45, 7) is 17.7. The first-order valence-corrected chi connectivity index (χ1v) is 43.6. The number of carbonyl (C=O) groups is 15. The smallest absolute Gasteiger partial charge is 0.336 e. The number of phenols is 2. The zero-order chi connectivity index (χ0) is 96.9. The SMILES string of the molecule is CC[C@H](C)[C@H](NC(=O)[C@@H](NC(=O)c1cccc(Cl)c1Cl)C(C)(C)C)C(=O)N[C@H](C(=O)N[C@H](C(=O)N[C@H](C(=O)N[C@@H](CC(=O)O)C(=O)N[C@@H](CCC(N)=O)C(=O)N[C@@H](Cc1ccc(O)cc1)C(=O)N[C@H](CCCCN)C(=O)NCCC(=O)N[C@@H](CCCCNC(=S)Nc1ccc(-c2c3ccc(=O)cc-3oc3cc(O)ccc23)c(C(=O)O)c1)C(N)=O)[C@@H](C)O)[C@@H](C)CC)C(C)(C)C. The van der Waals surface area contributed by atoms with Crippen LogP contribution in [0.15, 0.2) is 106 Å². The number of aromatic carboxylic acids is 1. The molecule has 41 heteroatoms. The topological polar surface area (TPSA) is 622 Å². The van der Waals surface area contributed by atoms with E-state index in [-0.39, 0.29) is 112 Å². The number of aliphatic hydroxyl groups is 1. The van der Waals surface area contributed by atoms with Crippen molar-refractivity contribution in [3.05, 3.63) is 134 Å². The number of primary amides is 2. The minimum Gasteiger partial charge on any atom is -0.508 e. The Hall–Kier alpha value is -12.6. The second-order valence-electron chi connectivity index (χ2n) is 34.0. The third-order valence-electron chi connectivity index (χ3n) is 21.6. The van der Waals surface area contributed by atoms with Gasteiger partial charge in [-0.3, -0.25) is 71.9 Å². The van der Waals surface area contributed by atoms with E-state index in [1.807, 2.05) is 0 Å². The van der Waals surface area contributed by atoms with Crippen LogP contribution in [0.4, 0.5) is 5.69 Å². The zero-order valence-electron chi connectivity index (χ0n) is 74.1. The van der Waals surface area contributed by atoms with Crippen LogP contribution in [0, 0.1) is 22.7 Å². The van der Waals surface area contributed by atoms with Gasteiger partial charge in [-0.05, 0) is 165 Å². The van der Waals surface area contributed by atoms with E-state index in [0.717, 1.165) is 6.92 Å². The van der Waals surface area contributed by atoms with E-state index in [4.69, 9.17) is 57.0 Å². The maximum absolute atomic E-state index is 14.7. The number of hydrogen-bond acceptors (Lipinski definition) is 22. The van der Waals surface area contributed by atoms with Crippen molar-refractivity contribution in [2.75, 3.05) is 25.0 Å². The monoisotopic (exact) mass is 1860 g/mol. The molecule has 24 N–H and O–H groups in total. The number of nitrogens with one attached hydrogen (secondary N) is 13. The third kappa shape index (κ3) is 31.7. The number of carboxylic acids is 2. The molecule has 0 fully saturated rings. The highest BCUT2D eigenvalue weighted by molar-refractivity contribution is 7.80. The van der Waals surface area contributed by atoms with Gasteiger partial charge < -0.3 is 116 Å². The van der Waals surface area contributed by atoms with Crippen molar-refractivity contribution in [3.63, 3.8) is 0 Å². The second-order valence-corrected chi connectivity index (χ2v) is 35.2. The largest absolute Gasteiger partial charge is 0.508 e. The van der Waals surface area contributed by atoms with Gasteiger partial charge in [0.05, 0.1) is 33.7 Å². The van der Waals surface area contributed by atoms with Gasteiger partial charge in [0.25, 0.3) is 5.91 Å². The summed E-state index contributed by atoms with van der Waals surface area (Å²) in [6, 6.07) is 6.97. The van der Waals surface area contributed by atoms with E-state index >= 15 is 0 Å². The normalized spacial score (nSPS) is 14.5. The maximum Gasteiger partial charge on any atom is 0.336 e. The lowest BCUT2D eigenvalue weighted by atomic mass is 9.84. The van der Waals surface area contributed by atoms with Crippen LogP contribution in [0.25, 0.3) is 33.4 Å². The molecule has 38 nitrogen and oxygen atoms in total. The number of carbonyl (C=O) groups excluding carboxylic acids is 13. The molecule has 13 atom stereocenters. The van der Waals surface area contributed by atoms with E-state index < -0.39 is 204 Å². The van der Waals surface area contributed by atoms with E-state index in [9.17, 15) is 102 Å². The van der Waals surface area contributed by atoms with Crippen LogP contribution >= 0.6 is 35.4 Å². The number of unbranched alkanes of at least 4 members (excludes halogenated alkanes) is 2. The van der Waals surface area contributed by atoms with Crippen molar-refractivity contribution in [1.29, 1.82) is 0 Å². The van der Waals surface area contributed by atoms with Gasteiger partial charge in [0.1, 0.15) is 83.3 Å². The molecular formula is C89H118Cl2N16O22S. The lowest BCUT2D eigenvalue weighted by Gasteiger charge is -2.36. The van der Waals surface area contributed by atoms with Crippen LogP contribution in [-0.2, 0) is 68.7 Å². The highest BCUT2D eigenvalue weighted by atomic mass is 35.5. The summed E-state index contributed by atoms with van der Waals surface area (Å²) in [7, 11) is 0. The number of benzene rings is 5. The van der Waals surface area contributed by atoms with Gasteiger partial charge >= 0.3 is 11.9 Å². The molecule has 0 spiro atoms. The van der Waals surface area contributed by atoms with E-state index in [2.05, 4.69) is 69.1 Å². The predicted octanol–water partition coefficient (Wildman–Crippen LogP) is 4.27. The fourth-order valence-corrected chi connectivity index (χ4v) is 14.5. The van der Waals surface area contributed by atoms with Gasteiger partial charge in [0, 0.05) is 66.7 Å². The number of rotatable bonds is 48. The van der Waals surface area contributed by atoms with Crippen LogP contribution in [0.3, 0.4) is 0 Å². The number of aromatic hydroxyl groups is 2. The predicted molar refractivity (Wildman–Crippen MR) is 488 cm³/mol. The van der Waals surface area contributed by atoms with Gasteiger partial charge in [-0.1, -0.05) is 130 Å². The van der Waals surface area contributed by atoms with Gasteiger partial charge in [0.15, 0.2) is 10.5 Å². The Labute approximate surface area is 766 Å². The molecule has 1 aliphatic carbocycles. The highest BCUT2D eigenvalue weighted by Crippen LogP contribution is 2.43. The quantitative estimate of drug-likeness (QED) is 0.0144. The number of aliphatic hydroxyl groups excluding tert-OH is 1. The van der Waals surface area contributed by atoms with E-state index in [1.54, 1.807) is 87.4 Å². The number of amides is 13. The number of carboxylic acid groups (broad SMARTS) is 2. The first-order chi connectivity index (χ1) is 61.1. The number of phenolic OH excluding ortho intramolecular Hbond substituents is 2. The first-order valence-electron chi connectivity index (χ1n) is 42.4. The molecule has 1 heterocycles. The van der Waals surface area contributed by atoms with Gasteiger partial charge in [-0.15, -0.1) is 0 Å². The molecular weight excluding hydrogens is 1750 g/mol. The van der Waals surface area contributed by atoms with Crippen molar-refractivity contribution < 1.29 is 102 Å². The highest BCUT2D eigenvalue weighted by Gasteiger charge is 2.43. The first kappa shape index (κ1) is 106. The molecule has 0 saturated carbocycles. The summed E-state index contributed by atoms with van der Waals surface area (Å²) in [5.74, 6) is -17.0. The fraction of sp³-hybridized carbons (Fsp3) is 0.472. The van der Waals surface area contributed by atoms with E-state index in [0.29, 0.717) is 53.4 Å². The molecule has 1 aliphatic heterocycles. The standard InChI is InChI=1S/C89H118Cl2N16O22S/c1-12-44(3)70(103-85(126)74(89(9,10)11)107-82(123)71(45(4)13-2)104-84(125)73(88(6,7)8)106-76(117)55-19-18-20-57(90)69(55)91)81(122)105-72(46(5)108)83(124)102-62(43-67(114)115)80(121)100-60(33-34-65(93)112)78(119)101-61(39-47-23-26-49(109)27-24-47)79(120)99-59(22-14-16-36-92)77(118)95-38-35-66(113)98-58(75(94)116)21-15-17-37-96-87(130)97-48-25-30-52(56(40-48)86(127)128)68-53-31-28-50(110)41-63(53)129-64-42-51(111)29-32-54(64)68/h18-20,23-32,40-42,44-46,58-62,70-74,108-110H,12-17,21-22,33-39,43,92H2,1-11H3,(H2,93,112)(H2,94,116)(H,95,118)(H,98,113)(H,99,120)(H,100,121)(H,101,119)(H,102,124)(H,103,126)(H,104,125)(H,105,122)(H,106,117)(H,107,123)(H,114,115)(H,127,128)(H2,96,97,130)/t44-,45-,46+,58-,59+,60-,61-,62-,70-,71-,72-,73+,74+/m0/s1. The molecule has 0 unspecified atom stereocenters. The number of hydrogen-bond donors (Lipinski definition) is 21. The molecule has 4 aromatic carbocycles. The Balaban J connectivity index is 1.09. The molecule has 13 amide bonds. The maximum atomic E-state index is 14.7. The lowest BCUT2D eigenvalue weighted by Crippen LogP contribution is -2.64. The number of anilines is 1. The van der Waals surface area contributed by atoms with Crippen LogP contribution in [0.5, 0.6) is 11.5 Å². The Morgan fingerprint density at radius 1 is 0.515 bits per heavy atom. The number of aliphatic carboxylic acids is 1. The van der Waals surface area contributed by atoms with Crippen molar-refractivity contribution in [2.24, 2.45) is 39.9 Å². The molecule has 0 aromatic heterocycles. The summed E-state index contributed by atoms with van der Waals surface area (Å²) in [5.41, 5.74) is 16.5. The molecule has 0 saturated heterocycles. The molecule has 0 bridgehead atoms. The van der Waals surface area contributed by atoms with Gasteiger partial charge in [0.2, 0.25) is 70.9 Å². The average Bonchev–Trinajstić information content (AvgIpc) is 0.746. The minimum atomic E-state index is -2.14. The number of nitrogens with two attached hydrogens (primary N) is 3. The molecule has 4 aromatic rings. The minimum absolute atomic E-state index is 0.0120. The van der Waals surface area contributed by atoms with Crippen molar-refractivity contribution in [1.82, 2.24) is 63.8 Å². The molecule has 0 radical (unpaired) electrons. The van der Waals surface area contributed by atoms with Crippen molar-refractivity contribution in [2.45, 2.75) is 226 Å². The van der Waals surface area contributed by atoms with Crippen molar-refractivity contribution >= 4 is 146 Å². The fourth-order valence-electron chi connectivity index (χ4n) is 13.8. The molecule has 706 valence electrons. The number of fused-ring (bicyclic) bond motifs is 2. The summed E-state index contributed by atoms with van der Waals surface area (Å²) in [6.07, 6.45) is -3.17. The van der Waals surface area contributed by atoms with Gasteiger partial charge in [-0.25, -0.2) is 4.79 Å². The second kappa shape index (κ2) is 49.3. The number of halogens is 2. The third-order valence-corrected chi connectivity index (χ3v) is 22.6. The average molecular weight is 1870 g/mol. The van der Waals surface area contributed by atoms with Crippen LogP contribution in [0.1, 0.15) is 179 Å².